The second-order valence-corrected chi connectivity index (χ2v) is 6.85. The number of morpholine rings is 1. The fraction of sp³-hybridized carbons (Fsp3) is 0.600. The van der Waals surface area contributed by atoms with Crippen LogP contribution in [0.2, 0.25) is 0 Å². The van der Waals surface area contributed by atoms with Crippen LogP contribution in [0, 0.1) is 0 Å². The minimum Gasteiger partial charge on any atom is -0.396 e. The maximum absolute atomic E-state index is 12.3. The van der Waals surface area contributed by atoms with Crippen molar-refractivity contribution in [2.45, 2.75) is 16.7 Å². The van der Waals surface area contributed by atoms with Gasteiger partial charge < -0.3 is 9.84 Å². The molecule has 17 heavy (non-hydrogen) atoms. The summed E-state index contributed by atoms with van der Waals surface area (Å²) in [6, 6.07) is 3.06. The van der Waals surface area contributed by atoms with Gasteiger partial charge in [-0.1, -0.05) is 6.07 Å². The molecule has 0 spiro atoms. The van der Waals surface area contributed by atoms with Gasteiger partial charge in [0.1, 0.15) is 4.21 Å². The van der Waals surface area contributed by atoms with Crippen LogP contribution in [-0.2, 0) is 14.8 Å². The molecule has 0 aromatic carbocycles. The molecule has 1 aliphatic rings. The van der Waals surface area contributed by atoms with Gasteiger partial charge in [-0.05, 0) is 17.9 Å². The second kappa shape index (κ2) is 5.45. The van der Waals surface area contributed by atoms with Crippen LogP contribution in [0.5, 0.6) is 0 Å². The van der Waals surface area contributed by atoms with Crippen LogP contribution in [0.1, 0.15) is 6.42 Å². The number of hydrogen-bond donors (Lipinski definition) is 1. The van der Waals surface area contributed by atoms with Crippen LogP contribution in [0.4, 0.5) is 0 Å². The fourth-order valence-corrected chi connectivity index (χ4v) is 4.60. The number of aliphatic hydroxyl groups excluding tert-OH is 1. The molecule has 1 atom stereocenters. The molecule has 1 aliphatic heterocycles. The first kappa shape index (κ1) is 13.0. The first-order chi connectivity index (χ1) is 8.16. The lowest BCUT2D eigenvalue weighted by atomic mass is 10.2. The average Bonchev–Trinajstić information content (AvgIpc) is 2.84. The van der Waals surface area contributed by atoms with E-state index in [1.165, 1.54) is 15.6 Å². The molecule has 1 unspecified atom stereocenters. The van der Waals surface area contributed by atoms with Crippen molar-refractivity contribution >= 4 is 21.4 Å². The number of hydrogen-bond acceptors (Lipinski definition) is 5. The summed E-state index contributed by atoms with van der Waals surface area (Å²) in [6.07, 6.45) is 0.407. The van der Waals surface area contributed by atoms with Gasteiger partial charge in [-0.25, -0.2) is 8.42 Å². The van der Waals surface area contributed by atoms with Gasteiger partial charge in [0.2, 0.25) is 0 Å². The lowest BCUT2D eigenvalue weighted by Crippen LogP contribution is -2.48. The van der Waals surface area contributed by atoms with Gasteiger partial charge in [0, 0.05) is 13.2 Å². The van der Waals surface area contributed by atoms with Gasteiger partial charge in [0.05, 0.1) is 19.3 Å². The molecule has 2 heterocycles. The van der Waals surface area contributed by atoms with E-state index in [0.29, 0.717) is 30.4 Å². The van der Waals surface area contributed by atoms with Crippen molar-refractivity contribution in [1.29, 1.82) is 0 Å². The Kier molecular flexibility index (Phi) is 4.16. The van der Waals surface area contributed by atoms with E-state index in [2.05, 4.69) is 0 Å². The van der Waals surface area contributed by atoms with Crippen molar-refractivity contribution in [1.82, 2.24) is 4.31 Å². The quantitative estimate of drug-likeness (QED) is 0.871. The van der Waals surface area contributed by atoms with Crippen LogP contribution in [-0.4, -0.2) is 50.2 Å². The predicted octanol–water partition coefficient (Wildman–Crippen LogP) is 0.520. The SMILES string of the molecule is O=S(=O)(c1cccs1)N1CCOCC1CCO. The molecular formula is C10H15NO4S2. The van der Waals surface area contributed by atoms with Crippen LogP contribution in [0.15, 0.2) is 21.7 Å². The third-order valence-corrected chi connectivity index (χ3v) is 6.02. The molecule has 1 saturated heterocycles. The van der Waals surface area contributed by atoms with Crippen molar-refractivity contribution in [2.75, 3.05) is 26.4 Å². The smallest absolute Gasteiger partial charge is 0.252 e. The maximum atomic E-state index is 12.3. The summed E-state index contributed by atoms with van der Waals surface area (Å²) >= 11 is 1.21. The lowest BCUT2D eigenvalue weighted by Gasteiger charge is -2.33. The highest BCUT2D eigenvalue weighted by molar-refractivity contribution is 7.91. The van der Waals surface area contributed by atoms with Crippen molar-refractivity contribution in [3.8, 4) is 0 Å². The molecular weight excluding hydrogens is 262 g/mol. The summed E-state index contributed by atoms with van der Waals surface area (Å²) in [5.74, 6) is 0. The van der Waals surface area contributed by atoms with Gasteiger partial charge in [-0.3, -0.25) is 0 Å². The zero-order valence-corrected chi connectivity index (χ0v) is 10.9. The topological polar surface area (TPSA) is 66.8 Å². The van der Waals surface area contributed by atoms with E-state index < -0.39 is 10.0 Å². The first-order valence-electron chi connectivity index (χ1n) is 5.40. The summed E-state index contributed by atoms with van der Waals surface area (Å²) in [4.78, 5) is 0. The van der Waals surface area contributed by atoms with Crippen LogP contribution < -0.4 is 0 Å². The minimum absolute atomic E-state index is 0.0372. The van der Waals surface area contributed by atoms with Gasteiger partial charge in [0.25, 0.3) is 10.0 Å². The summed E-state index contributed by atoms with van der Waals surface area (Å²) in [6.45, 7) is 1.08. The van der Waals surface area contributed by atoms with Crippen molar-refractivity contribution < 1.29 is 18.3 Å². The van der Waals surface area contributed by atoms with E-state index in [1.54, 1.807) is 17.5 Å². The number of thiophene rings is 1. The summed E-state index contributed by atoms with van der Waals surface area (Å²) in [5, 5.41) is 10.7. The Bertz CT molecular complexity index is 441. The highest BCUT2D eigenvalue weighted by atomic mass is 32.2. The molecule has 0 radical (unpaired) electrons. The fourth-order valence-electron chi connectivity index (χ4n) is 1.86. The number of aliphatic hydroxyl groups is 1. The molecule has 0 aliphatic carbocycles. The molecule has 2 rings (SSSR count). The Balaban J connectivity index is 2.24. The molecule has 0 saturated carbocycles. The largest absolute Gasteiger partial charge is 0.396 e. The molecule has 1 N–H and O–H groups in total. The highest BCUT2D eigenvalue weighted by Gasteiger charge is 2.34. The van der Waals surface area contributed by atoms with E-state index in [-0.39, 0.29) is 12.6 Å². The molecule has 1 fully saturated rings. The summed E-state index contributed by atoms with van der Waals surface area (Å²) in [5.41, 5.74) is 0. The van der Waals surface area contributed by atoms with Gasteiger partial charge >= 0.3 is 0 Å². The van der Waals surface area contributed by atoms with Gasteiger partial charge in [-0.15, -0.1) is 11.3 Å². The summed E-state index contributed by atoms with van der Waals surface area (Å²) in [7, 11) is -3.43. The summed E-state index contributed by atoms with van der Waals surface area (Å²) < 4.78 is 31.7. The van der Waals surface area contributed by atoms with E-state index in [4.69, 9.17) is 9.84 Å². The molecule has 1 aromatic rings. The van der Waals surface area contributed by atoms with Crippen molar-refractivity contribution in [2.24, 2.45) is 0 Å². The van der Waals surface area contributed by atoms with Crippen molar-refractivity contribution in [3.63, 3.8) is 0 Å². The Hall–Kier alpha value is -0.470. The Morgan fingerprint density at radius 2 is 2.41 bits per heavy atom. The van der Waals surface area contributed by atoms with Crippen LogP contribution in [0.25, 0.3) is 0 Å². The third-order valence-electron chi connectivity index (χ3n) is 2.69. The maximum Gasteiger partial charge on any atom is 0.252 e. The zero-order chi connectivity index (χ0) is 12.3. The van der Waals surface area contributed by atoms with Gasteiger partial charge in [-0.2, -0.15) is 4.31 Å². The average molecular weight is 277 g/mol. The monoisotopic (exact) mass is 277 g/mol. The molecule has 1 aromatic heterocycles. The second-order valence-electron chi connectivity index (χ2n) is 3.79. The Morgan fingerprint density at radius 1 is 1.59 bits per heavy atom. The number of ether oxygens (including phenoxy) is 1. The Morgan fingerprint density at radius 3 is 3.06 bits per heavy atom. The first-order valence-corrected chi connectivity index (χ1v) is 7.72. The van der Waals surface area contributed by atoms with E-state index in [0.717, 1.165) is 0 Å². The zero-order valence-electron chi connectivity index (χ0n) is 9.28. The predicted molar refractivity (Wildman–Crippen MR) is 64.5 cm³/mol. The van der Waals surface area contributed by atoms with Crippen LogP contribution in [0.3, 0.4) is 0 Å². The van der Waals surface area contributed by atoms with E-state index >= 15 is 0 Å². The highest BCUT2D eigenvalue weighted by Crippen LogP contribution is 2.25. The number of nitrogens with zero attached hydrogens (tertiary/aromatic N) is 1. The van der Waals surface area contributed by atoms with Gasteiger partial charge in [0.15, 0.2) is 0 Å². The minimum atomic E-state index is -3.43. The standard InChI is InChI=1S/C10H15NO4S2/c12-5-3-9-8-15-6-4-11(9)17(13,14)10-2-1-7-16-10/h1-2,7,9,12H,3-6,8H2. The molecule has 0 amide bonds. The van der Waals surface area contributed by atoms with E-state index in [9.17, 15) is 8.42 Å². The third kappa shape index (κ3) is 2.69. The molecule has 96 valence electrons. The molecule has 5 nitrogen and oxygen atoms in total. The molecule has 7 heteroatoms. The lowest BCUT2D eigenvalue weighted by molar-refractivity contribution is 0.0238. The van der Waals surface area contributed by atoms with E-state index in [1.807, 2.05) is 0 Å². The normalized spacial score (nSPS) is 22.8. The Labute approximate surface area is 105 Å². The van der Waals surface area contributed by atoms with Crippen LogP contribution >= 0.6 is 11.3 Å². The number of rotatable bonds is 4. The number of sulfonamides is 1. The molecule has 0 bridgehead atoms. The van der Waals surface area contributed by atoms with Crippen molar-refractivity contribution in [3.05, 3.63) is 17.5 Å².